The average Bonchev–Trinajstić information content (AvgIpc) is 3.15. The van der Waals surface area contributed by atoms with Gasteiger partial charge in [-0.2, -0.15) is 0 Å². The lowest BCUT2D eigenvalue weighted by Gasteiger charge is -2.12. The highest BCUT2D eigenvalue weighted by atomic mass is 16.5. The van der Waals surface area contributed by atoms with Crippen molar-refractivity contribution in [3.05, 3.63) is 161 Å². The van der Waals surface area contributed by atoms with Crippen LogP contribution in [0, 0.1) is 0 Å². The zero-order chi connectivity index (χ0) is 44.3. The van der Waals surface area contributed by atoms with E-state index >= 15 is 0 Å². The molecule has 0 radical (unpaired) electrons. The molecule has 0 aliphatic rings. The molecular weight excluding hydrogens is 468 g/mol. The molecule has 0 spiro atoms. The van der Waals surface area contributed by atoms with E-state index in [1.54, 1.807) is 0 Å². The molecule has 0 heterocycles. The van der Waals surface area contributed by atoms with E-state index in [1.807, 2.05) is 0 Å². The highest BCUT2D eigenvalue weighted by molar-refractivity contribution is 5.71. The average molecular weight is 520 g/mol. The third kappa shape index (κ3) is 7.62. The molecule has 38 heavy (non-hydrogen) atoms. The Kier molecular flexibility index (Phi) is 3.48. The standard InChI is InChI=1S/C35H30O3/c1-4-10-29(11-5-1)25-36-33-20-18-28(19-21-33)16-17-32-22-34(37-26-30-12-6-2-7-13-30)24-35(23-32)38-27-31-14-8-3-9-15-31/h1-24H,25-27H2/b17-16+/i1D,2D,3D,4D,5D,6D,7D,8D,9D,10D,11D,12D,13D,14D,15D,25D2,26D2,27D2. The normalized spacial score (nSPS) is 19.8. The van der Waals surface area contributed by atoms with Crippen LogP contribution in [0.1, 0.15) is 56.6 Å². The first-order chi connectivity index (χ1) is 27.2. The Morgan fingerprint density at radius 1 is 0.474 bits per heavy atom. The summed E-state index contributed by atoms with van der Waals surface area (Å²) in [6, 6.07) is -3.19. The number of hydrogen-bond donors (Lipinski definition) is 0. The van der Waals surface area contributed by atoms with E-state index in [4.69, 9.17) is 43.0 Å². The zero-order valence-electron chi connectivity index (χ0n) is 40.4. The molecule has 0 saturated carbocycles. The fourth-order valence-electron chi connectivity index (χ4n) is 2.88. The summed E-state index contributed by atoms with van der Waals surface area (Å²) in [5, 5.41) is 0. The predicted molar refractivity (Wildman–Crippen MR) is 154 cm³/mol. The van der Waals surface area contributed by atoms with Crippen molar-refractivity contribution < 1.29 is 43.0 Å². The van der Waals surface area contributed by atoms with Crippen LogP contribution in [0.25, 0.3) is 12.2 Å². The van der Waals surface area contributed by atoms with Crippen LogP contribution < -0.4 is 14.2 Å². The van der Waals surface area contributed by atoms with E-state index in [2.05, 4.69) is 0 Å². The second kappa shape index (κ2) is 13.0. The first-order valence-electron chi connectivity index (χ1n) is 21.4. The summed E-state index contributed by atoms with van der Waals surface area (Å²) in [6.07, 6.45) is 2.88. The third-order valence-corrected chi connectivity index (χ3v) is 4.56. The minimum absolute atomic E-state index is 0.0881. The van der Waals surface area contributed by atoms with Crippen LogP contribution in [0.15, 0.2) is 133 Å². The Balaban J connectivity index is 1.53. The summed E-state index contributed by atoms with van der Waals surface area (Å²) in [4.78, 5) is 0. The van der Waals surface area contributed by atoms with E-state index in [0.29, 0.717) is 5.56 Å². The van der Waals surface area contributed by atoms with Gasteiger partial charge in [-0.25, -0.2) is 0 Å². The van der Waals surface area contributed by atoms with Gasteiger partial charge in [0, 0.05) is 6.07 Å². The van der Waals surface area contributed by atoms with E-state index in [-0.39, 0.29) is 11.3 Å². The van der Waals surface area contributed by atoms with Crippen LogP contribution in [0.3, 0.4) is 0 Å². The largest absolute Gasteiger partial charge is 0.489 e. The first kappa shape index (κ1) is 10.2. The molecule has 0 unspecified atom stereocenters. The fourth-order valence-corrected chi connectivity index (χ4v) is 2.88. The molecule has 0 aliphatic carbocycles. The lowest BCUT2D eigenvalue weighted by atomic mass is 10.1. The maximum Gasteiger partial charge on any atom is 0.124 e. The number of ether oxygens (including phenoxy) is 3. The second-order valence-corrected chi connectivity index (χ2v) is 7.25. The maximum atomic E-state index is 8.60. The van der Waals surface area contributed by atoms with Gasteiger partial charge in [-0.3, -0.25) is 0 Å². The first-order valence-corrected chi connectivity index (χ1v) is 10.9. The Bertz CT molecular complexity index is 2330. The Morgan fingerprint density at radius 3 is 1.32 bits per heavy atom. The van der Waals surface area contributed by atoms with Crippen molar-refractivity contribution in [3.63, 3.8) is 0 Å². The Labute approximate surface area is 254 Å². The van der Waals surface area contributed by atoms with E-state index in [0.717, 1.165) is 6.07 Å². The molecule has 0 bridgehead atoms. The second-order valence-electron chi connectivity index (χ2n) is 7.25. The molecule has 3 nitrogen and oxygen atoms in total. The molecular formula is C35H30O3. The summed E-state index contributed by atoms with van der Waals surface area (Å²) in [6.45, 7) is -9.06. The Hall–Kier alpha value is -4.76. The van der Waals surface area contributed by atoms with Crippen LogP contribution in [0.5, 0.6) is 17.2 Å². The van der Waals surface area contributed by atoms with Crippen LogP contribution in [0.4, 0.5) is 0 Å². The van der Waals surface area contributed by atoms with E-state index in [9.17, 15) is 0 Å². The van der Waals surface area contributed by atoms with Gasteiger partial charge >= 0.3 is 0 Å². The molecule has 0 aliphatic heterocycles. The van der Waals surface area contributed by atoms with Crippen molar-refractivity contribution in [2.24, 2.45) is 0 Å². The molecule has 0 amide bonds. The van der Waals surface area contributed by atoms with Gasteiger partial charge in [0.1, 0.15) is 36.9 Å². The van der Waals surface area contributed by atoms with Crippen molar-refractivity contribution in [1.29, 1.82) is 0 Å². The molecule has 3 heteroatoms. The van der Waals surface area contributed by atoms with E-state index in [1.165, 1.54) is 48.6 Å². The molecule has 0 fully saturated rings. The van der Waals surface area contributed by atoms with Crippen molar-refractivity contribution in [3.8, 4) is 17.2 Å². The lowest BCUT2D eigenvalue weighted by molar-refractivity contribution is 0.290. The minimum atomic E-state index is -3.10. The summed E-state index contributed by atoms with van der Waals surface area (Å²) < 4.78 is 188. The topological polar surface area (TPSA) is 27.7 Å². The molecule has 0 saturated heterocycles. The van der Waals surface area contributed by atoms with Crippen LogP contribution in [-0.2, 0) is 19.7 Å². The van der Waals surface area contributed by atoms with Crippen molar-refractivity contribution in [2.45, 2.75) is 19.7 Å². The summed E-state index contributed by atoms with van der Waals surface area (Å²) in [5.74, 6) is -0.932. The summed E-state index contributed by atoms with van der Waals surface area (Å²) in [5.41, 5.74) is -1.86. The van der Waals surface area contributed by atoms with Crippen molar-refractivity contribution in [1.82, 2.24) is 0 Å². The van der Waals surface area contributed by atoms with Gasteiger partial charge < -0.3 is 14.2 Å². The van der Waals surface area contributed by atoms with Crippen LogP contribution in [0.2, 0.25) is 0 Å². The lowest BCUT2D eigenvalue weighted by Crippen LogP contribution is -1.98. The van der Waals surface area contributed by atoms with Crippen LogP contribution >= 0.6 is 0 Å². The fraction of sp³-hybridized carbons (Fsp3) is 0.0857. The van der Waals surface area contributed by atoms with Crippen molar-refractivity contribution >= 4 is 12.2 Å². The van der Waals surface area contributed by atoms with Crippen LogP contribution in [-0.4, -0.2) is 0 Å². The molecule has 0 aromatic heterocycles. The molecule has 5 aromatic carbocycles. The van der Waals surface area contributed by atoms with Crippen molar-refractivity contribution in [2.75, 3.05) is 0 Å². The van der Waals surface area contributed by atoms with Gasteiger partial charge in [0.25, 0.3) is 0 Å². The third-order valence-electron chi connectivity index (χ3n) is 4.56. The van der Waals surface area contributed by atoms with E-state index < -0.39 is 139 Å². The quantitative estimate of drug-likeness (QED) is 0.164. The number of benzene rings is 5. The van der Waals surface area contributed by atoms with Gasteiger partial charge in [0.2, 0.25) is 0 Å². The van der Waals surface area contributed by atoms with Gasteiger partial charge in [-0.05, 0) is 52.1 Å². The Morgan fingerprint density at radius 2 is 0.868 bits per heavy atom. The maximum absolute atomic E-state index is 8.60. The summed E-state index contributed by atoms with van der Waals surface area (Å²) >= 11 is 0. The SMILES string of the molecule is [2H]c1c([2H])c([2H])c(C([2H])([2H])Oc2ccc(/C=C/c3cc(OC([2H])([2H])c4c([2H])c([2H])c([2H])c([2H])c4[2H])cc(OC([2H])([2H])c4c([2H])c([2H])c([2H])c([2H])c4[2H])c3)cc2)c([2H])c1[2H]. The van der Waals surface area contributed by atoms with Gasteiger partial charge in [0.05, 0.1) is 28.8 Å². The monoisotopic (exact) mass is 519 g/mol. The van der Waals surface area contributed by atoms with Gasteiger partial charge in [0.15, 0.2) is 0 Å². The van der Waals surface area contributed by atoms with Gasteiger partial charge in [-0.15, -0.1) is 0 Å². The zero-order valence-corrected chi connectivity index (χ0v) is 19.4. The molecule has 0 atom stereocenters. The molecule has 188 valence electrons. The smallest absolute Gasteiger partial charge is 0.124 e. The minimum Gasteiger partial charge on any atom is -0.489 e. The molecule has 5 aromatic rings. The highest BCUT2D eigenvalue weighted by Crippen LogP contribution is 2.26. The highest BCUT2D eigenvalue weighted by Gasteiger charge is 2.04. The molecule has 5 rings (SSSR count). The number of rotatable bonds is 11. The van der Waals surface area contributed by atoms with Gasteiger partial charge in [-0.1, -0.05) is 115 Å². The molecule has 0 N–H and O–H groups in total. The number of hydrogen-bond acceptors (Lipinski definition) is 3. The summed E-state index contributed by atoms with van der Waals surface area (Å²) in [7, 11) is 0. The predicted octanol–water partition coefficient (Wildman–Crippen LogP) is 8.59.